The highest BCUT2D eigenvalue weighted by Crippen LogP contribution is 2.50. The largest absolute Gasteiger partial charge is 0.345 e. The van der Waals surface area contributed by atoms with Gasteiger partial charge in [-0.25, -0.2) is 19.3 Å². The number of nitrogens with one attached hydrogen (secondary N) is 1. The second-order valence-corrected chi connectivity index (χ2v) is 10.4. The summed E-state index contributed by atoms with van der Waals surface area (Å²) in [5.74, 6) is 3.23. The Hall–Kier alpha value is -3.54. The second-order valence-electron chi connectivity index (χ2n) is 10.4. The summed E-state index contributed by atoms with van der Waals surface area (Å²) in [5, 5.41) is 0.711. The number of nitrogens with zero attached hydrogens (tertiary/aromatic N) is 4. The molecule has 2 atom stereocenters. The fourth-order valence-corrected chi connectivity index (χ4v) is 6.80. The number of benzene rings is 1. The minimum atomic E-state index is -0.359. The molecule has 3 aliphatic carbocycles. The van der Waals surface area contributed by atoms with Crippen molar-refractivity contribution in [1.82, 2.24) is 24.5 Å². The third kappa shape index (κ3) is 3.38. The van der Waals surface area contributed by atoms with Crippen molar-refractivity contribution < 1.29 is 4.39 Å². The van der Waals surface area contributed by atoms with Crippen LogP contribution in [0.15, 0.2) is 61.1 Å². The van der Waals surface area contributed by atoms with E-state index in [1.807, 2.05) is 12.3 Å². The Morgan fingerprint density at radius 2 is 1.83 bits per heavy atom. The first kappa shape index (κ1) is 20.8. The van der Waals surface area contributed by atoms with Crippen molar-refractivity contribution in [2.75, 3.05) is 0 Å². The number of hydrogen-bond donors (Lipinski definition) is 1. The van der Waals surface area contributed by atoms with Gasteiger partial charge >= 0.3 is 0 Å². The van der Waals surface area contributed by atoms with E-state index in [9.17, 15) is 4.39 Å². The molecule has 4 heterocycles. The van der Waals surface area contributed by atoms with E-state index in [0.29, 0.717) is 28.7 Å². The number of H-pyrrole nitrogens is 1. The third-order valence-electron chi connectivity index (χ3n) is 8.65. The van der Waals surface area contributed by atoms with E-state index in [0.717, 1.165) is 46.2 Å². The molecule has 1 aromatic carbocycles. The summed E-state index contributed by atoms with van der Waals surface area (Å²) in [4.78, 5) is 17.5. The molecule has 6 heteroatoms. The van der Waals surface area contributed by atoms with Crippen LogP contribution >= 0.6 is 0 Å². The van der Waals surface area contributed by atoms with Gasteiger partial charge in [0.1, 0.15) is 11.5 Å². The Balaban J connectivity index is 1.41. The van der Waals surface area contributed by atoms with Gasteiger partial charge in [-0.05, 0) is 80.0 Å². The van der Waals surface area contributed by atoms with Crippen LogP contribution < -0.4 is 0 Å². The number of hydrogen-bond acceptors (Lipinski definition) is 3. The van der Waals surface area contributed by atoms with Gasteiger partial charge in [0.25, 0.3) is 0 Å². The molecule has 0 radical (unpaired) electrons. The van der Waals surface area contributed by atoms with Crippen molar-refractivity contribution in [3.63, 3.8) is 0 Å². The molecule has 1 N–H and O–H groups in total. The Morgan fingerprint density at radius 3 is 2.63 bits per heavy atom. The number of para-hydroxylation sites is 1. The van der Waals surface area contributed by atoms with Crippen LogP contribution in [0.2, 0.25) is 0 Å². The van der Waals surface area contributed by atoms with Crippen molar-refractivity contribution in [3.05, 3.63) is 72.6 Å². The molecule has 0 aliphatic heterocycles. The van der Waals surface area contributed by atoms with E-state index in [1.165, 1.54) is 37.9 Å². The zero-order valence-electron chi connectivity index (χ0n) is 19.8. The van der Waals surface area contributed by atoms with Crippen LogP contribution in [-0.2, 0) is 6.42 Å². The van der Waals surface area contributed by atoms with Crippen LogP contribution in [0.3, 0.4) is 0 Å². The summed E-state index contributed by atoms with van der Waals surface area (Å²) in [6, 6.07) is 14.0. The predicted octanol–water partition coefficient (Wildman–Crippen LogP) is 6.72. The summed E-state index contributed by atoms with van der Waals surface area (Å²) in [6.45, 7) is 2.45. The lowest BCUT2D eigenvalue weighted by Gasteiger charge is -2.47. The molecule has 8 rings (SSSR count). The topological polar surface area (TPSA) is 59.4 Å². The molecule has 2 unspecified atom stereocenters. The summed E-state index contributed by atoms with van der Waals surface area (Å²) in [5.41, 5.74) is 5.63. The summed E-state index contributed by atoms with van der Waals surface area (Å²) >= 11 is 0. The van der Waals surface area contributed by atoms with Gasteiger partial charge in [0, 0.05) is 29.0 Å². The molecule has 35 heavy (non-hydrogen) atoms. The molecule has 4 aromatic heterocycles. The number of pyridine rings is 1. The Kier molecular flexibility index (Phi) is 4.76. The van der Waals surface area contributed by atoms with E-state index in [4.69, 9.17) is 9.97 Å². The number of aromatic amines is 1. The van der Waals surface area contributed by atoms with E-state index in [2.05, 4.69) is 58.0 Å². The first-order chi connectivity index (χ1) is 17.2. The van der Waals surface area contributed by atoms with Crippen LogP contribution in [0.25, 0.3) is 39.1 Å². The standard InChI is InChI=1S/C29H28FN5/c1-17-18-7-9-19(10-8-18)22(17)14-26-27-25(11-12-35(27)21-5-3-2-4-6-21)33-29(34-26)24-16-32-28-23(24)13-20(30)15-31-28/h2-6,11-13,15-19,22H,7-10,14H2,1H3,(H,31,32). The zero-order valence-corrected chi connectivity index (χ0v) is 19.8. The molecule has 176 valence electrons. The summed E-state index contributed by atoms with van der Waals surface area (Å²) in [6.07, 6.45) is 11.6. The molecule has 3 fully saturated rings. The molecular weight excluding hydrogens is 437 g/mol. The van der Waals surface area contributed by atoms with E-state index in [1.54, 1.807) is 0 Å². The smallest absolute Gasteiger partial charge is 0.162 e. The first-order valence-electron chi connectivity index (χ1n) is 12.7. The van der Waals surface area contributed by atoms with Crippen molar-refractivity contribution in [3.8, 4) is 17.1 Å². The van der Waals surface area contributed by atoms with Gasteiger partial charge in [-0.2, -0.15) is 0 Å². The Labute approximate surface area is 203 Å². The van der Waals surface area contributed by atoms with Gasteiger partial charge in [0.2, 0.25) is 0 Å². The number of aromatic nitrogens is 5. The van der Waals surface area contributed by atoms with Crippen LogP contribution in [0.5, 0.6) is 0 Å². The molecule has 5 aromatic rings. The lowest BCUT2D eigenvalue weighted by atomic mass is 9.58. The maximum absolute atomic E-state index is 14.1. The Morgan fingerprint density at radius 1 is 1.03 bits per heavy atom. The van der Waals surface area contributed by atoms with Gasteiger partial charge < -0.3 is 9.55 Å². The maximum atomic E-state index is 14.1. The molecular formula is C29H28FN5. The number of fused-ring (bicyclic) bond motifs is 5. The average Bonchev–Trinajstić information content (AvgIpc) is 3.51. The average molecular weight is 466 g/mol. The molecule has 3 aliphatic rings. The molecule has 0 saturated heterocycles. The molecule has 5 nitrogen and oxygen atoms in total. The first-order valence-corrected chi connectivity index (χ1v) is 12.7. The second kappa shape index (κ2) is 8.01. The van der Waals surface area contributed by atoms with Crippen LogP contribution in [0.1, 0.15) is 38.3 Å². The van der Waals surface area contributed by atoms with E-state index >= 15 is 0 Å². The SMILES string of the molecule is CC1C2CCC(CC2)C1Cc1nc(-c2c[nH]c3ncc(F)cc23)nc2ccn(-c3ccccc3)c12. The van der Waals surface area contributed by atoms with Crippen molar-refractivity contribution in [1.29, 1.82) is 0 Å². The van der Waals surface area contributed by atoms with Gasteiger partial charge in [-0.15, -0.1) is 0 Å². The lowest BCUT2D eigenvalue weighted by Crippen LogP contribution is -2.39. The van der Waals surface area contributed by atoms with E-state index < -0.39 is 0 Å². The fourth-order valence-electron chi connectivity index (χ4n) is 6.80. The normalized spacial score (nSPS) is 23.9. The lowest BCUT2D eigenvalue weighted by molar-refractivity contribution is 0.0340. The van der Waals surface area contributed by atoms with Gasteiger partial charge in [-0.3, -0.25) is 0 Å². The predicted molar refractivity (Wildman–Crippen MR) is 136 cm³/mol. The Bertz CT molecular complexity index is 1530. The number of halogens is 1. The van der Waals surface area contributed by atoms with Crippen molar-refractivity contribution >= 4 is 22.1 Å². The highest BCUT2D eigenvalue weighted by molar-refractivity contribution is 5.93. The van der Waals surface area contributed by atoms with Gasteiger partial charge in [0.05, 0.1) is 22.9 Å². The molecule has 3 saturated carbocycles. The summed E-state index contributed by atoms with van der Waals surface area (Å²) < 4.78 is 16.3. The highest BCUT2D eigenvalue weighted by atomic mass is 19.1. The van der Waals surface area contributed by atoms with Crippen LogP contribution in [-0.4, -0.2) is 24.5 Å². The fraction of sp³-hybridized carbons (Fsp3) is 0.345. The highest BCUT2D eigenvalue weighted by Gasteiger charge is 2.41. The summed E-state index contributed by atoms with van der Waals surface area (Å²) in [7, 11) is 0. The van der Waals surface area contributed by atoms with Crippen molar-refractivity contribution in [2.45, 2.75) is 39.0 Å². The third-order valence-corrected chi connectivity index (χ3v) is 8.65. The monoisotopic (exact) mass is 465 g/mol. The molecule has 2 bridgehead atoms. The van der Waals surface area contributed by atoms with Gasteiger partial charge in [-0.1, -0.05) is 25.1 Å². The maximum Gasteiger partial charge on any atom is 0.162 e. The van der Waals surface area contributed by atoms with Crippen molar-refractivity contribution in [2.24, 2.45) is 23.7 Å². The van der Waals surface area contributed by atoms with Crippen LogP contribution in [0, 0.1) is 29.5 Å². The van der Waals surface area contributed by atoms with Gasteiger partial charge in [0.15, 0.2) is 5.82 Å². The quantitative estimate of drug-likeness (QED) is 0.321. The minimum absolute atomic E-state index is 0.359. The number of rotatable bonds is 4. The minimum Gasteiger partial charge on any atom is -0.345 e. The zero-order chi connectivity index (χ0) is 23.5. The molecule has 0 amide bonds. The molecule has 0 spiro atoms. The van der Waals surface area contributed by atoms with Crippen LogP contribution in [0.4, 0.5) is 4.39 Å². The van der Waals surface area contributed by atoms with E-state index in [-0.39, 0.29) is 5.82 Å².